The molecule has 2 aliphatic rings. The number of ether oxygens (including phenoxy) is 1. The van der Waals surface area contributed by atoms with E-state index in [-0.39, 0.29) is 12.0 Å². The molecule has 30 heavy (non-hydrogen) atoms. The van der Waals surface area contributed by atoms with Gasteiger partial charge < -0.3 is 18.9 Å². The molecule has 6 rings (SSSR count). The van der Waals surface area contributed by atoms with Gasteiger partial charge in [-0.3, -0.25) is 0 Å². The molecule has 1 N–H and O–H groups in total. The molecule has 0 unspecified atom stereocenters. The van der Waals surface area contributed by atoms with Crippen molar-refractivity contribution in [1.29, 1.82) is 0 Å². The van der Waals surface area contributed by atoms with Gasteiger partial charge in [-0.05, 0) is 31.0 Å². The summed E-state index contributed by atoms with van der Waals surface area (Å²) in [6, 6.07) is 16.4. The van der Waals surface area contributed by atoms with Gasteiger partial charge in [0.1, 0.15) is 16.9 Å². The molecular weight excluding hydrogens is 382 g/mol. The van der Waals surface area contributed by atoms with Crippen LogP contribution in [0, 0.1) is 5.92 Å². The number of fused-ring (bicyclic) bond motifs is 6. The molecule has 6 heteroatoms. The number of hydrogen-bond donors (Lipinski definition) is 1. The second kappa shape index (κ2) is 6.57. The largest absolute Gasteiger partial charge is 0.422 e. The van der Waals surface area contributed by atoms with Crippen LogP contribution in [0.2, 0.25) is 0 Å². The molecule has 2 aliphatic heterocycles. The van der Waals surface area contributed by atoms with Gasteiger partial charge in [-0.15, -0.1) is 0 Å². The smallest absolute Gasteiger partial charge is 0.360 e. The first kappa shape index (κ1) is 17.5. The van der Waals surface area contributed by atoms with Crippen LogP contribution in [0.3, 0.4) is 0 Å². The fourth-order valence-corrected chi connectivity index (χ4v) is 4.91. The Kier molecular flexibility index (Phi) is 3.83. The van der Waals surface area contributed by atoms with Gasteiger partial charge in [0.2, 0.25) is 0 Å². The number of benzene rings is 2. The highest BCUT2D eigenvalue weighted by Gasteiger charge is 2.43. The van der Waals surface area contributed by atoms with E-state index < -0.39 is 17.3 Å². The third-order valence-electron chi connectivity index (χ3n) is 6.24. The highest BCUT2D eigenvalue weighted by Crippen LogP contribution is 2.49. The molecule has 0 aliphatic carbocycles. The number of para-hydroxylation sites is 2. The van der Waals surface area contributed by atoms with Crippen molar-refractivity contribution < 1.29 is 13.6 Å². The minimum Gasteiger partial charge on any atom is -0.422 e. The number of anilines is 1. The van der Waals surface area contributed by atoms with E-state index in [1.807, 2.05) is 42.5 Å². The zero-order chi connectivity index (χ0) is 20.2. The van der Waals surface area contributed by atoms with Crippen LogP contribution in [-0.4, -0.2) is 6.61 Å². The summed E-state index contributed by atoms with van der Waals surface area (Å²) in [5.74, 6) is 0.000480. The van der Waals surface area contributed by atoms with Gasteiger partial charge in [0.05, 0.1) is 17.7 Å². The second-order valence-electron chi connectivity index (χ2n) is 7.92. The van der Waals surface area contributed by atoms with Crippen molar-refractivity contribution in [3.8, 4) is 0 Å². The molecule has 6 nitrogen and oxygen atoms in total. The van der Waals surface area contributed by atoms with Crippen LogP contribution < -0.4 is 16.6 Å². The maximum absolute atomic E-state index is 12.9. The molecule has 1 fully saturated rings. The summed E-state index contributed by atoms with van der Waals surface area (Å²) < 4.78 is 17.3. The van der Waals surface area contributed by atoms with Crippen molar-refractivity contribution in [2.75, 3.05) is 11.9 Å². The van der Waals surface area contributed by atoms with E-state index in [4.69, 9.17) is 13.6 Å². The Bertz CT molecular complexity index is 1400. The second-order valence-corrected chi connectivity index (χ2v) is 7.92. The van der Waals surface area contributed by atoms with Gasteiger partial charge in [0.25, 0.3) is 0 Å². The Labute approximate surface area is 171 Å². The van der Waals surface area contributed by atoms with Crippen LogP contribution in [0.15, 0.2) is 73.0 Å². The lowest BCUT2D eigenvalue weighted by atomic mass is 9.77. The third kappa shape index (κ3) is 2.53. The van der Waals surface area contributed by atoms with E-state index in [1.54, 1.807) is 12.1 Å². The molecule has 150 valence electrons. The van der Waals surface area contributed by atoms with E-state index in [1.165, 1.54) is 0 Å². The van der Waals surface area contributed by atoms with Crippen molar-refractivity contribution in [2.24, 2.45) is 5.92 Å². The van der Waals surface area contributed by atoms with Crippen LogP contribution in [0.4, 0.5) is 5.69 Å². The molecule has 2 aromatic carbocycles. The summed E-state index contributed by atoms with van der Waals surface area (Å²) >= 11 is 0. The van der Waals surface area contributed by atoms with Crippen LogP contribution >= 0.6 is 0 Å². The van der Waals surface area contributed by atoms with Crippen LogP contribution in [0.5, 0.6) is 0 Å². The highest BCUT2D eigenvalue weighted by molar-refractivity contribution is 5.86. The first-order chi connectivity index (χ1) is 14.7. The van der Waals surface area contributed by atoms with E-state index in [0.29, 0.717) is 29.0 Å². The topological polar surface area (TPSA) is 81.7 Å². The third-order valence-corrected chi connectivity index (χ3v) is 6.24. The average molecular weight is 401 g/mol. The summed E-state index contributed by atoms with van der Waals surface area (Å²) in [7, 11) is 0. The molecule has 4 aromatic rings. The maximum Gasteiger partial charge on any atom is 0.360 e. The normalized spacial score (nSPS) is 23.0. The summed E-state index contributed by atoms with van der Waals surface area (Å²) in [5.41, 5.74) is 1.94. The Morgan fingerprint density at radius 3 is 2.57 bits per heavy atom. The molecule has 0 bridgehead atoms. The highest BCUT2D eigenvalue weighted by atomic mass is 16.5. The Balaban J connectivity index is 1.59. The maximum atomic E-state index is 12.9. The van der Waals surface area contributed by atoms with E-state index in [2.05, 4.69) is 5.32 Å². The summed E-state index contributed by atoms with van der Waals surface area (Å²) in [4.78, 5) is 25.7. The zero-order valence-corrected chi connectivity index (χ0v) is 16.1. The number of nitrogens with one attached hydrogen (secondary N) is 1. The minimum atomic E-state index is -0.452. The molecule has 0 amide bonds. The van der Waals surface area contributed by atoms with Crippen LogP contribution in [-0.2, 0) is 4.74 Å². The lowest BCUT2D eigenvalue weighted by molar-refractivity contribution is -0.0378. The van der Waals surface area contributed by atoms with Crippen LogP contribution in [0.25, 0.3) is 21.9 Å². The average Bonchev–Trinajstić information content (AvgIpc) is 2.78. The first-order valence-corrected chi connectivity index (χ1v) is 10.2. The number of hydrogen-bond acceptors (Lipinski definition) is 6. The van der Waals surface area contributed by atoms with Gasteiger partial charge in [-0.2, -0.15) is 0 Å². The zero-order valence-electron chi connectivity index (χ0n) is 16.1. The monoisotopic (exact) mass is 401 g/mol. The van der Waals surface area contributed by atoms with Gasteiger partial charge in [-0.1, -0.05) is 36.4 Å². The Morgan fingerprint density at radius 1 is 0.900 bits per heavy atom. The first-order valence-electron chi connectivity index (χ1n) is 10.2. The fourth-order valence-electron chi connectivity index (χ4n) is 4.91. The molecule has 0 saturated carbocycles. The summed E-state index contributed by atoms with van der Waals surface area (Å²) in [6.07, 6.45) is 1.48. The number of rotatable bonds is 1. The predicted octanol–water partition coefficient (Wildman–Crippen LogP) is 4.53. The quantitative estimate of drug-likeness (QED) is 0.472. The van der Waals surface area contributed by atoms with Gasteiger partial charge >= 0.3 is 11.3 Å². The summed E-state index contributed by atoms with van der Waals surface area (Å²) in [6.45, 7) is 0.619. The minimum absolute atomic E-state index is 0.000480. The standard InChI is InChI=1S/C24H19NO5/c26-23-16(12-13-6-1-3-9-17(13)29-23)20-15-8-5-11-28-22(15)19-14-7-2-4-10-18(14)30-24(27)21(19)25-20/h1-4,6-7,9-10,12,15,20,22,25H,5,8,11H2/t15-,20+,22-/m0/s1. The molecule has 1 saturated heterocycles. The van der Waals surface area contributed by atoms with Gasteiger partial charge in [-0.25, -0.2) is 9.59 Å². The van der Waals surface area contributed by atoms with E-state index in [0.717, 1.165) is 29.2 Å². The van der Waals surface area contributed by atoms with Crippen molar-refractivity contribution in [3.05, 3.63) is 86.6 Å². The lowest BCUT2D eigenvalue weighted by Gasteiger charge is -2.42. The van der Waals surface area contributed by atoms with E-state index >= 15 is 0 Å². The molecular formula is C24H19NO5. The van der Waals surface area contributed by atoms with Crippen molar-refractivity contribution in [2.45, 2.75) is 25.0 Å². The Hall–Kier alpha value is -3.38. The molecule has 0 radical (unpaired) electrons. The SMILES string of the molecule is O=c1oc2ccccc2cc1[C@@H]1Nc2c(c3ccccc3oc2=O)[C@H]2OCCC[C@H]21. The molecule has 0 spiro atoms. The van der Waals surface area contributed by atoms with Crippen molar-refractivity contribution in [1.82, 2.24) is 0 Å². The van der Waals surface area contributed by atoms with Gasteiger partial charge in [0, 0.05) is 28.9 Å². The molecule has 4 heterocycles. The molecule has 3 atom stereocenters. The van der Waals surface area contributed by atoms with Crippen molar-refractivity contribution in [3.63, 3.8) is 0 Å². The van der Waals surface area contributed by atoms with Gasteiger partial charge in [0.15, 0.2) is 0 Å². The lowest BCUT2D eigenvalue weighted by Crippen LogP contribution is -2.39. The van der Waals surface area contributed by atoms with Crippen molar-refractivity contribution >= 4 is 27.6 Å². The van der Waals surface area contributed by atoms with Crippen LogP contribution in [0.1, 0.15) is 36.1 Å². The molecule has 2 aromatic heterocycles. The Morgan fingerprint density at radius 2 is 1.67 bits per heavy atom. The fraction of sp³-hybridized carbons (Fsp3) is 0.250. The van der Waals surface area contributed by atoms with E-state index in [9.17, 15) is 9.59 Å². The predicted molar refractivity (Wildman–Crippen MR) is 113 cm³/mol. The summed E-state index contributed by atoms with van der Waals surface area (Å²) in [5, 5.41) is 5.04.